The van der Waals surface area contributed by atoms with Crippen LogP contribution in [0.1, 0.15) is 21.5 Å². The number of nitrogens with zero attached hydrogens (tertiary/aromatic N) is 3. The normalized spacial score (nSPS) is 19.8. The number of carbonyl (C=O) groups excluding carboxylic acids is 1. The zero-order chi connectivity index (χ0) is 15.7. The van der Waals surface area contributed by atoms with Gasteiger partial charge in [-0.2, -0.15) is 4.31 Å². The average Bonchev–Trinajstić information content (AvgIpc) is 2.53. The van der Waals surface area contributed by atoms with E-state index >= 15 is 0 Å². The van der Waals surface area contributed by atoms with Crippen molar-refractivity contribution in [3.05, 3.63) is 29.1 Å². The minimum atomic E-state index is -3.23. The highest BCUT2D eigenvalue weighted by Crippen LogP contribution is 2.24. The first-order chi connectivity index (χ1) is 10.5. The summed E-state index contributed by atoms with van der Waals surface area (Å²) in [7, 11) is -3.23. The monoisotopic (exact) mass is 325 g/mol. The van der Waals surface area contributed by atoms with Gasteiger partial charge in [0.15, 0.2) is 0 Å². The number of rotatable bonds is 2. The third-order valence-electron chi connectivity index (χ3n) is 4.10. The van der Waals surface area contributed by atoms with Crippen molar-refractivity contribution in [2.45, 2.75) is 13.0 Å². The van der Waals surface area contributed by atoms with Gasteiger partial charge in [0.2, 0.25) is 10.0 Å². The van der Waals surface area contributed by atoms with Crippen LogP contribution < -0.4 is 0 Å². The molecule has 0 unspecified atom stereocenters. The number of amides is 1. The van der Waals surface area contributed by atoms with Crippen LogP contribution in [0.15, 0.2) is 12.4 Å². The molecule has 1 saturated heterocycles. The first kappa shape index (κ1) is 15.4. The van der Waals surface area contributed by atoms with Crippen LogP contribution >= 0.6 is 0 Å². The molecule has 0 atom stereocenters. The van der Waals surface area contributed by atoms with Crippen LogP contribution in [0.3, 0.4) is 0 Å². The van der Waals surface area contributed by atoms with Crippen LogP contribution in [0.2, 0.25) is 0 Å². The van der Waals surface area contributed by atoms with Crippen molar-refractivity contribution in [1.82, 2.24) is 14.2 Å². The number of hydrogen-bond acceptors (Lipinski definition) is 5. The predicted octanol–water partition coefficient (Wildman–Crippen LogP) is -0.128. The highest BCUT2D eigenvalue weighted by molar-refractivity contribution is 7.88. The SMILES string of the molecule is CS(=O)(=O)N1CCc2c(cncc2C(=O)N2CCOCC2)C1. The molecule has 0 radical (unpaired) electrons. The van der Waals surface area contributed by atoms with E-state index < -0.39 is 10.0 Å². The van der Waals surface area contributed by atoms with Gasteiger partial charge in [-0.15, -0.1) is 0 Å². The molecular weight excluding hydrogens is 306 g/mol. The van der Waals surface area contributed by atoms with E-state index in [1.807, 2.05) is 0 Å². The first-order valence-electron chi connectivity index (χ1n) is 7.25. The number of hydrogen-bond donors (Lipinski definition) is 0. The summed E-state index contributed by atoms with van der Waals surface area (Å²) in [6, 6.07) is 0. The molecule has 1 aromatic rings. The van der Waals surface area contributed by atoms with Crippen molar-refractivity contribution >= 4 is 15.9 Å². The number of morpholine rings is 1. The Morgan fingerprint density at radius 3 is 2.64 bits per heavy atom. The van der Waals surface area contributed by atoms with Gasteiger partial charge in [-0.05, 0) is 17.5 Å². The van der Waals surface area contributed by atoms with Crippen LogP contribution in [0.5, 0.6) is 0 Å². The highest BCUT2D eigenvalue weighted by atomic mass is 32.2. The summed E-state index contributed by atoms with van der Waals surface area (Å²) in [4.78, 5) is 18.5. The summed E-state index contributed by atoms with van der Waals surface area (Å²) in [5.74, 6) is -0.0412. The zero-order valence-electron chi connectivity index (χ0n) is 12.5. The molecule has 1 fully saturated rings. The fourth-order valence-corrected chi connectivity index (χ4v) is 3.67. The van der Waals surface area contributed by atoms with Crippen LogP contribution in [0.25, 0.3) is 0 Å². The molecule has 3 heterocycles. The lowest BCUT2D eigenvalue weighted by atomic mass is 9.97. The summed E-state index contributed by atoms with van der Waals surface area (Å²) in [5, 5.41) is 0. The fraction of sp³-hybridized carbons (Fsp3) is 0.571. The Kier molecular flexibility index (Phi) is 4.16. The van der Waals surface area contributed by atoms with E-state index in [2.05, 4.69) is 4.98 Å². The van der Waals surface area contributed by atoms with Gasteiger partial charge in [0, 0.05) is 38.6 Å². The van der Waals surface area contributed by atoms with E-state index in [4.69, 9.17) is 4.74 Å². The molecule has 120 valence electrons. The number of carbonyl (C=O) groups is 1. The summed E-state index contributed by atoms with van der Waals surface area (Å²) < 4.78 is 30.0. The Hall–Kier alpha value is -1.51. The van der Waals surface area contributed by atoms with Gasteiger partial charge in [0.25, 0.3) is 5.91 Å². The lowest BCUT2D eigenvalue weighted by Crippen LogP contribution is -2.42. The summed E-state index contributed by atoms with van der Waals surface area (Å²) >= 11 is 0. The van der Waals surface area contributed by atoms with Crippen LogP contribution in [-0.4, -0.2) is 67.6 Å². The van der Waals surface area contributed by atoms with Crippen molar-refractivity contribution in [2.75, 3.05) is 39.1 Å². The quantitative estimate of drug-likeness (QED) is 0.757. The Balaban J connectivity index is 1.88. The standard InChI is InChI=1S/C14H19N3O4S/c1-22(19,20)17-3-2-12-11(10-17)8-15-9-13(12)14(18)16-4-6-21-7-5-16/h8-9H,2-7,10H2,1H3. The molecular formula is C14H19N3O4S. The maximum absolute atomic E-state index is 12.6. The Morgan fingerprint density at radius 2 is 1.95 bits per heavy atom. The topological polar surface area (TPSA) is 79.8 Å². The third kappa shape index (κ3) is 2.99. The number of fused-ring (bicyclic) bond motifs is 1. The third-order valence-corrected chi connectivity index (χ3v) is 5.35. The molecule has 1 aromatic heterocycles. The van der Waals surface area contributed by atoms with Crippen LogP contribution in [-0.2, 0) is 27.7 Å². The van der Waals surface area contributed by atoms with Crippen molar-refractivity contribution in [2.24, 2.45) is 0 Å². The van der Waals surface area contributed by atoms with Crippen molar-refractivity contribution < 1.29 is 17.9 Å². The Morgan fingerprint density at radius 1 is 1.23 bits per heavy atom. The average molecular weight is 325 g/mol. The molecule has 1 amide bonds. The minimum Gasteiger partial charge on any atom is -0.378 e. The van der Waals surface area contributed by atoms with Gasteiger partial charge in [-0.1, -0.05) is 0 Å². The van der Waals surface area contributed by atoms with E-state index in [-0.39, 0.29) is 12.5 Å². The number of sulfonamides is 1. The van der Waals surface area contributed by atoms with Crippen LogP contribution in [0, 0.1) is 0 Å². The second kappa shape index (κ2) is 5.94. The Bertz CT molecular complexity index is 683. The molecule has 0 aromatic carbocycles. The maximum Gasteiger partial charge on any atom is 0.255 e. The first-order valence-corrected chi connectivity index (χ1v) is 9.09. The van der Waals surface area contributed by atoms with Crippen molar-refractivity contribution in [3.8, 4) is 0 Å². The lowest BCUT2D eigenvalue weighted by molar-refractivity contribution is 0.0301. The van der Waals surface area contributed by atoms with Gasteiger partial charge < -0.3 is 9.64 Å². The number of pyridine rings is 1. The molecule has 8 heteroatoms. The van der Waals surface area contributed by atoms with Crippen LogP contribution in [0.4, 0.5) is 0 Å². The molecule has 2 aliphatic rings. The molecule has 7 nitrogen and oxygen atoms in total. The maximum atomic E-state index is 12.6. The summed E-state index contributed by atoms with van der Waals surface area (Å²) in [6.45, 7) is 2.95. The molecule has 0 aliphatic carbocycles. The molecule has 22 heavy (non-hydrogen) atoms. The molecule has 0 spiro atoms. The van der Waals surface area contributed by atoms with E-state index in [1.165, 1.54) is 10.6 Å². The van der Waals surface area contributed by atoms with Gasteiger partial charge in [-0.3, -0.25) is 9.78 Å². The molecule has 0 saturated carbocycles. The molecule has 0 N–H and O–H groups in total. The van der Waals surface area contributed by atoms with Gasteiger partial charge >= 0.3 is 0 Å². The van der Waals surface area contributed by atoms with E-state index in [0.717, 1.165) is 11.1 Å². The van der Waals surface area contributed by atoms with E-state index in [9.17, 15) is 13.2 Å². The highest BCUT2D eigenvalue weighted by Gasteiger charge is 2.28. The summed E-state index contributed by atoms with van der Waals surface area (Å²) in [6.07, 6.45) is 4.99. The smallest absolute Gasteiger partial charge is 0.255 e. The fourth-order valence-electron chi connectivity index (χ4n) is 2.87. The number of aromatic nitrogens is 1. The molecule has 0 bridgehead atoms. The van der Waals surface area contributed by atoms with Crippen molar-refractivity contribution in [3.63, 3.8) is 0 Å². The van der Waals surface area contributed by atoms with Crippen molar-refractivity contribution in [1.29, 1.82) is 0 Å². The lowest BCUT2D eigenvalue weighted by Gasteiger charge is -2.30. The van der Waals surface area contributed by atoms with E-state index in [1.54, 1.807) is 17.3 Å². The van der Waals surface area contributed by atoms with Gasteiger partial charge in [0.1, 0.15) is 0 Å². The van der Waals surface area contributed by atoms with E-state index in [0.29, 0.717) is 44.8 Å². The summed E-state index contributed by atoms with van der Waals surface area (Å²) in [5.41, 5.74) is 2.33. The minimum absolute atomic E-state index is 0.0412. The molecule has 2 aliphatic heterocycles. The number of ether oxygens (including phenoxy) is 1. The second-order valence-electron chi connectivity index (χ2n) is 5.58. The largest absolute Gasteiger partial charge is 0.378 e. The second-order valence-corrected chi connectivity index (χ2v) is 7.56. The predicted molar refractivity (Wildman–Crippen MR) is 79.9 cm³/mol. The zero-order valence-corrected chi connectivity index (χ0v) is 13.3. The van der Waals surface area contributed by atoms with Gasteiger partial charge in [-0.25, -0.2) is 8.42 Å². The Labute approximate surface area is 129 Å². The molecule has 3 rings (SSSR count). The van der Waals surface area contributed by atoms with Gasteiger partial charge in [0.05, 0.1) is 25.0 Å².